The van der Waals surface area contributed by atoms with Crippen LogP contribution in [-0.4, -0.2) is 52.5 Å². The monoisotopic (exact) mass is 364 g/mol. The van der Waals surface area contributed by atoms with Crippen LogP contribution in [0.1, 0.15) is 33.1 Å². The molecule has 6 atom stereocenters. The summed E-state index contributed by atoms with van der Waals surface area (Å²) in [6.45, 7) is 6.90. The van der Waals surface area contributed by atoms with Gasteiger partial charge in [-0.05, 0) is 33.1 Å². The molecule has 4 heterocycles. The first-order valence-corrected chi connectivity index (χ1v) is 8.28. The Morgan fingerprint density at radius 1 is 1.11 bits per heavy atom. The molecule has 4 rings (SSSR count). The minimum absolute atomic E-state index is 0.652. The second kappa shape index (κ2) is 5.52. The standard InChI is InChI=1S/C13H25IN4/c1-8-6-15-7-10(18(8)14)3-4-11-13-5-12(17-13)9(2)16-11/h8-13,15-17H,3-7H2,1-2H3. The van der Waals surface area contributed by atoms with Crippen molar-refractivity contribution in [2.24, 2.45) is 0 Å². The Bertz CT molecular complexity index is 293. The van der Waals surface area contributed by atoms with Gasteiger partial charge in [0.05, 0.1) is 0 Å². The molecule has 0 aromatic heterocycles. The van der Waals surface area contributed by atoms with Gasteiger partial charge in [-0.3, -0.25) is 0 Å². The molecule has 4 aliphatic heterocycles. The Labute approximate surface area is 124 Å². The van der Waals surface area contributed by atoms with Crippen molar-refractivity contribution in [3.63, 3.8) is 0 Å². The van der Waals surface area contributed by atoms with Gasteiger partial charge in [0.2, 0.25) is 0 Å². The number of hydrogen-bond donors (Lipinski definition) is 3. The van der Waals surface area contributed by atoms with E-state index in [1.165, 1.54) is 19.3 Å². The molecule has 0 aromatic carbocycles. The van der Waals surface area contributed by atoms with E-state index in [2.05, 4.69) is 55.8 Å². The van der Waals surface area contributed by atoms with Crippen LogP contribution in [0.2, 0.25) is 0 Å². The molecule has 104 valence electrons. The zero-order valence-corrected chi connectivity index (χ0v) is 13.5. The van der Waals surface area contributed by atoms with E-state index in [1.54, 1.807) is 0 Å². The fraction of sp³-hybridized carbons (Fsp3) is 1.00. The van der Waals surface area contributed by atoms with Gasteiger partial charge >= 0.3 is 0 Å². The molecule has 3 N–H and O–H groups in total. The number of piperidine rings is 1. The van der Waals surface area contributed by atoms with Crippen LogP contribution < -0.4 is 16.0 Å². The molecule has 0 spiro atoms. The Hall–Kier alpha value is 0.570. The third kappa shape index (κ3) is 2.57. The maximum absolute atomic E-state index is 3.78. The average Bonchev–Trinajstić information content (AvgIpc) is 2.29. The van der Waals surface area contributed by atoms with Crippen LogP contribution >= 0.6 is 22.9 Å². The van der Waals surface area contributed by atoms with Gasteiger partial charge in [0.1, 0.15) is 0 Å². The Morgan fingerprint density at radius 3 is 2.61 bits per heavy atom. The van der Waals surface area contributed by atoms with Crippen molar-refractivity contribution < 1.29 is 0 Å². The predicted molar refractivity (Wildman–Crippen MR) is 82.9 cm³/mol. The SMILES string of the molecule is CC1NC(CCC2CNCC(C)N2I)C2CC1N2. The molecule has 18 heavy (non-hydrogen) atoms. The van der Waals surface area contributed by atoms with Crippen LogP contribution in [-0.2, 0) is 0 Å². The molecule has 4 fully saturated rings. The van der Waals surface area contributed by atoms with Crippen LogP contribution in [0.5, 0.6) is 0 Å². The molecule has 0 aliphatic carbocycles. The van der Waals surface area contributed by atoms with Crippen molar-refractivity contribution in [2.45, 2.75) is 69.4 Å². The summed E-state index contributed by atoms with van der Waals surface area (Å²) in [7, 11) is 0. The summed E-state index contributed by atoms with van der Waals surface area (Å²) in [5.41, 5.74) is 0. The number of rotatable bonds is 3. The molecule has 0 radical (unpaired) electrons. The number of nitrogens with one attached hydrogen (secondary N) is 3. The number of nitrogens with zero attached hydrogens (tertiary/aromatic N) is 1. The van der Waals surface area contributed by atoms with Crippen LogP contribution in [0.3, 0.4) is 0 Å². The normalized spacial score (nSPS) is 48.8. The van der Waals surface area contributed by atoms with Crippen molar-refractivity contribution in [1.82, 2.24) is 19.1 Å². The second-order valence-electron chi connectivity index (χ2n) is 6.26. The van der Waals surface area contributed by atoms with Crippen LogP contribution in [0.15, 0.2) is 0 Å². The summed E-state index contributed by atoms with van der Waals surface area (Å²) >= 11 is 2.52. The van der Waals surface area contributed by atoms with Crippen molar-refractivity contribution in [3.8, 4) is 0 Å². The number of hydrogen-bond acceptors (Lipinski definition) is 4. The lowest BCUT2D eigenvalue weighted by atomic mass is 9.79. The highest BCUT2D eigenvalue weighted by molar-refractivity contribution is 14.1. The van der Waals surface area contributed by atoms with Crippen molar-refractivity contribution in [2.75, 3.05) is 13.1 Å². The van der Waals surface area contributed by atoms with Crippen molar-refractivity contribution >= 4 is 22.9 Å². The molecular formula is C13H25IN4. The van der Waals surface area contributed by atoms with E-state index in [9.17, 15) is 0 Å². The number of piperazine rings is 2. The highest BCUT2D eigenvalue weighted by Gasteiger charge is 2.43. The van der Waals surface area contributed by atoms with E-state index in [-0.39, 0.29) is 0 Å². The van der Waals surface area contributed by atoms with E-state index in [0.29, 0.717) is 24.2 Å². The molecule has 5 heteroatoms. The van der Waals surface area contributed by atoms with E-state index in [0.717, 1.165) is 25.2 Å². The molecule has 0 saturated carbocycles. The second-order valence-corrected chi connectivity index (χ2v) is 7.37. The molecule has 6 unspecified atom stereocenters. The fourth-order valence-electron chi connectivity index (χ4n) is 3.60. The molecule has 4 nitrogen and oxygen atoms in total. The van der Waals surface area contributed by atoms with E-state index >= 15 is 0 Å². The quantitative estimate of drug-likeness (QED) is 0.514. The van der Waals surface area contributed by atoms with Crippen LogP contribution in [0.25, 0.3) is 0 Å². The van der Waals surface area contributed by atoms with Gasteiger partial charge in [0.25, 0.3) is 0 Å². The van der Waals surface area contributed by atoms with Crippen LogP contribution in [0, 0.1) is 0 Å². The zero-order valence-electron chi connectivity index (χ0n) is 11.3. The van der Waals surface area contributed by atoms with Gasteiger partial charge in [-0.1, -0.05) is 0 Å². The van der Waals surface area contributed by atoms with Gasteiger partial charge in [0.15, 0.2) is 0 Å². The topological polar surface area (TPSA) is 39.3 Å². The first kappa shape index (κ1) is 13.5. The largest absolute Gasteiger partial charge is 0.314 e. The van der Waals surface area contributed by atoms with Gasteiger partial charge in [0, 0.05) is 72.2 Å². The van der Waals surface area contributed by atoms with E-state index in [1.807, 2.05) is 0 Å². The van der Waals surface area contributed by atoms with Crippen molar-refractivity contribution in [3.05, 3.63) is 0 Å². The van der Waals surface area contributed by atoms with E-state index < -0.39 is 0 Å². The first-order valence-electron chi connectivity index (χ1n) is 7.32. The van der Waals surface area contributed by atoms with Gasteiger partial charge < -0.3 is 16.0 Å². The summed E-state index contributed by atoms with van der Waals surface area (Å²) < 4.78 is 2.53. The molecule has 0 aromatic rings. The predicted octanol–water partition coefficient (Wildman–Crippen LogP) is 0.870. The third-order valence-electron chi connectivity index (χ3n) is 4.90. The van der Waals surface area contributed by atoms with Crippen LogP contribution in [0.4, 0.5) is 0 Å². The Morgan fingerprint density at radius 2 is 1.89 bits per heavy atom. The maximum atomic E-state index is 3.78. The number of halogens is 1. The minimum atomic E-state index is 0.652. The summed E-state index contributed by atoms with van der Waals surface area (Å²) in [5, 5.41) is 11.0. The lowest BCUT2D eigenvalue weighted by Gasteiger charge is -2.52. The molecule has 4 aliphatic rings. The smallest absolute Gasteiger partial charge is 0.0323 e. The molecule has 0 amide bonds. The average molecular weight is 364 g/mol. The Kier molecular flexibility index (Phi) is 4.15. The third-order valence-corrected chi connectivity index (χ3v) is 6.64. The summed E-state index contributed by atoms with van der Waals surface area (Å²) in [6.07, 6.45) is 3.98. The van der Waals surface area contributed by atoms with Gasteiger partial charge in [-0.15, -0.1) is 0 Å². The number of fused-ring (bicyclic) bond motifs is 2. The summed E-state index contributed by atoms with van der Waals surface area (Å²) in [5.74, 6) is 0. The van der Waals surface area contributed by atoms with Gasteiger partial charge in [-0.2, -0.15) is 0 Å². The van der Waals surface area contributed by atoms with E-state index in [4.69, 9.17) is 0 Å². The first-order chi connectivity index (χ1) is 8.65. The molecule has 4 saturated heterocycles. The lowest BCUT2D eigenvalue weighted by molar-refractivity contribution is 0.0942. The van der Waals surface area contributed by atoms with Crippen molar-refractivity contribution in [1.29, 1.82) is 0 Å². The molecular weight excluding hydrogens is 339 g/mol. The zero-order chi connectivity index (χ0) is 12.7. The Balaban J connectivity index is 1.48. The maximum Gasteiger partial charge on any atom is 0.0323 e. The molecule has 2 bridgehead atoms. The lowest BCUT2D eigenvalue weighted by Crippen LogP contribution is -2.74. The minimum Gasteiger partial charge on any atom is -0.314 e. The highest BCUT2D eigenvalue weighted by Crippen LogP contribution is 2.28. The summed E-state index contributed by atoms with van der Waals surface area (Å²) in [6, 6.07) is 4.18. The highest BCUT2D eigenvalue weighted by atomic mass is 127. The van der Waals surface area contributed by atoms with Gasteiger partial charge in [-0.25, -0.2) is 3.11 Å². The summed E-state index contributed by atoms with van der Waals surface area (Å²) in [4.78, 5) is 0. The fourth-order valence-corrected chi connectivity index (χ4v) is 4.27.